The molecule has 110 valence electrons. The predicted octanol–water partition coefficient (Wildman–Crippen LogP) is 4.57. The second-order valence-electron chi connectivity index (χ2n) is 6.53. The van der Waals surface area contributed by atoms with Gasteiger partial charge < -0.3 is 4.90 Å². The molecule has 21 heavy (non-hydrogen) atoms. The van der Waals surface area contributed by atoms with E-state index < -0.39 is 0 Å². The Hall–Kier alpha value is -1.42. The Balaban J connectivity index is 1.94. The van der Waals surface area contributed by atoms with E-state index in [9.17, 15) is 0 Å². The van der Waals surface area contributed by atoms with Crippen LogP contribution in [0.3, 0.4) is 0 Å². The Morgan fingerprint density at radius 3 is 2.71 bits per heavy atom. The number of rotatable bonds is 1. The second kappa shape index (κ2) is 5.41. The van der Waals surface area contributed by atoms with E-state index in [2.05, 4.69) is 63.7 Å². The SMILES string of the molecule is CC(C)(C)C1=CCN(c2ccnc3cc(Br)cnc23)CC1. The number of pyridine rings is 2. The van der Waals surface area contributed by atoms with Crippen molar-refractivity contribution < 1.29 is 0 Å². The van der Waals surface area contributed by atoms with Gasteiger partial charge >= 0.3 is 0 Å². The molecular weight excluding hydrogens is 326 g/mol. The maximum atomic E-state index is 4.55. The van der Waals surface area contributed by atoms with Gasteiger partial charge in [-0.3, -0.25) is 9.97 Å². The van der Waals surface area contributed by atoms with Crippen molar-refractivity contribution >= 4 is 32.7 Å². The van der Waals surface area contributed by atoms with Gasteiger partial charge in [-0.25, -0.2) is 0 Å². The molecule has 4 heteroatoms. The van der Waals surface area contributed by atoms with Crippen molar-refractivity contribution in [2.75, 3.05) is 18.0 Å². The Kier molecular flexibility index (Phi) is 3.74. The molecule has 0 fully saturated rings. The van der Waals surface area contributed by atoms with Crippen molar-refractivity contribution in [3.05, 3.63) is 40.6 Å². The zero-order chi connectivity index (χ0) is 15.0. The first-order chi connectivity index (χ1) is 9.95. The Morgan fingerprint density at radius 2 is 2.05 bits per heavy atom. The first-order valence-electron chi connectivity index (χ1n) is 7.30. The van der Waals surface area contributed by atoms with Gasteiger partial charge in [0.2, 0.25) is 0 Å². The van der Waals surface area contributed by atoms with Crippen molar-refractivity contribution in [1.82, 2.24) is 9.97 Å². The Bertz CT molecular complexity index is 701. The predicted molar refractivity (Wildman–Crippen MR) is 91.6 cm³/mol. The van der Waals surface area contributed by atoms with Crippen LogP contribution in [-0.2, 0) is 0 Å². The van der Waals surface area contributed by atoms with E-state index >= 15 is 0 Å². The van der Waals surface area contributed by atoms with Gasteiger partial charge in [0, 0.05) is 30.0 Å². The van der Waals surface area contributed by atoms with E-state index in [1.807, 2.05) is 18.5 Å². The molecule has 0 atom stereocenters. The fraction of sp³-hybridized carbons (Fsp3) is 0.412. The molecule has 2 aromatic heterocycles. The van der Waals surface area contributed by atoms with Crippen LogP contribution in [0.5, 0.6) is 0 Å². The van der Waals surface area contributed by atoms with Crippen LogP contribution in [0, 0.1) is 5.41 Å². The molecule has 0 radical (unpaired) electrons. The molecule has 0 bridgehead atoms. The van der Waals surface area contributed by atoms with Gasteiger partial charge in [-0.15, -0.1) is 0 Å². The minimum absolute atomic E-state index is 0.273. The first kappa shape index (κ1) is 14.5. The molecule has 2 aromatic rings. The lowest BCUT2D eigenvalue weighted by Crippen LogP contribution is -2.31. The summed E-state index contributed by atoms with van der Waals surface area (Å²) < 4.78 is 0.966. The summed E-state index contributed by atoms with van der Waals surface area (Å²) >= 11 is 3.46. The fourth-order valence-corrected chi connectivity index (χ4v) is 3.13. The minimum atomic E-state index is 0.273. The lowest BCUT2D eigenvalue weighted by atomic mass is 9.83. The van der Waals surface area contributed by atoms with E-state index in [4.69, 9.17) is 0 Å². The van der Waals surface area contributed by atoms with E-state index in [-0.39, 0.29) is 5.41 Å². The second-order valence-corrected chi connectivity index (χ2v) is 7.44. The molecule has 3 rings (SSSR count). The molecule has 0 N–H and O–H groups in total. The maximum absolute atomic E-state index is 4.55. The molecule has 1 aliphatic rings. The third-order valence-electron chi connectivity index (χ3n) is 4.04. The topological polar surface area (TPSA) is 29.0 Å². The van der Waals surface area contributed by atoms with Crippen LogP contribution in [-0.4, -0.2) is 23.1 Å². The zero-order valence-corrected chi connectivity index (χ0v) is 14.3. The van der Waals surface area contributed by atoms with E-state index in [0.29, 0.717) is 0 Å². The number of aromatic nitrogens is 2. The quantitative estimate of drug-likeness (QED) is 0.708. The summed E-state index contributed by atoms with van der Waals surface area (Å²) in [4.78, 5) is 11.4. The van der Waals surface area contributed by atoms with Crippen LogP contribution < -0.4 is 4.90 Å². The average Bonchev–Trinajstić information content (AvgIpc) is 2.45. The summed E-state index contributed by atoms with van der Waals surface area (Å²) in [7, 11) is 0. The largest absolute Gasteiger partial charge is 0.366 e. The van der Waals surface area contributed by atoms with Crippen molar-refractivity contribution in [1.29, 1.82) is 0 Å². The van der Waals surface area contributed by atoms with Gasteiger partial charge in [0.1, 0.15) is 5.52 Å². The lowest BCUT2D eigenvalue weighted by Gasteiger charge is -2.33. The Morgan fingerprint density at radius 1 is 1.24 bits per heavy atom. The summed E-state index contributed by atoms with van der Waals surface area (Å²) in [6, 6.07) is 4.09. The van der Waals surface area contributed by atoms with Crippen molar-refractivity contribution in [3.63, 3.8) is 0 Å². The van der Waals surface area contributed by atoms with Crippen LogP contribution in [0.4, 0.5) is 5.69 Å². The smallest absolute Gasteiger partial charge is 0.112 e. The third kappa shape index (κ3) is 2.95. The normalized spacial score (nSPS) is 16.2. The highest BCUT2D eigenvalue weighted by molar-refractivity contribution is 9.10. The standard InChI is InChI=1S/C17H20BrN3/c1-17(2,3)12-5-8-21(9-6-12)15-4-7-19-14-10-13(18)11-20-16(14)15/h4-5,7,10-11H,6,8-9H2,1-3H3. The van der Waals surface area contributed by atoms with Gasteiger partial charge in [0.25, 0.3) is 0 Å². The van der Waals surface area contributed by atoms with Crippen LogP contribution in [0.15, 0.2) is 40.6 Å². The molecule has 0 saturated heterocycles. The van der Waals surface area contributed by atoms with Gasteiger partial charge in [-0.1, -0.05) is 32.4 Å². The van der Waals surface area contributed by atoms with Crippen LogP contribution in [0.25, 0.3) is 11.0 Å². The maximum Gasteiger partial charge on any atom is 0.112 e. The number of anilines is 1. The van der Waals surface area contributed by atoms with Gasteiger partial charge in [0.15, 0.2) is 0 Å². The molecule has 0 aliphatic carbocycles. The summed E-state index contributed by atoms with van der Waals surface area (Å²) in [5.41, 5.74) is 4.92. The summed E-state index contributed by atoms with van der Waals surface area (Å²) in [6.45, 7) is 8.85. The number of fused-ring (bicyclic) bond motifs is 1. The fourth-order valence-electron chi connectivity index (χ4n) is 2.82. The van der Waals surface area contributed by atoms with Crippen LogP contribution in [0.2, 0.25) is 0 Å². The molecular formula is C17H20BrN3. The minimum Gasteiger partial charge on any atom is -0.366 e. The summed E-state index contributed by atoms with van der Waals surface area (Å²) in [6.07, 6.45) is 7.20. The highest BCUT2D eigenvalue weighted by atomic mass is 79.9. The number of hydrogen-bond donors (Lipinski definition) is 0. The molecule has 3 nitrogen and oxygen atoms in total. The first-order valence-corrected chi connectivity index (χ1v) is 8.09. The van der Waals surface area contributed by atoms with E-state index in [1.165, 1.54) is 5.69 Å². The Labute approximate surface area is 134 Å². The van der Waals surface area contributed by atoms with Crippen molar-refractivity contribution in [2.24, 2.45) is 5.41 Å². The summed E-state index contributed by atoms with van der Waals surface area (Å²) in [5, 5.41) is 0. The van der Waals surface area contributed by atoms with Crippen molar-refractivity contribution in [2.45, 2.75) is 27.2 Å². The molecule has 1 aliphatic heterocycles. The molecule has 0 spiro atoms. The molecule has 3 heterocycles. The van der Waals surface area contributed by atoms with Gasteiger partial charge in [-0.05, 0) is 39.9 Å². The van der Waals surface area contributed by atoms with Crippen LogP contribution >= 0.6 is 15.9 Å². The highest BCUT2D eigenvalue weighted by Crippen LogP contribution is 2.33. The molecule has 0 unspecified atom stereocenters. The number of nitrogens with zero attached hydrogens (tertiary/aromatic N) is 3. The molecule has 0 aromatic carbocycles. The average molecular weight is 346 g/mol. The zero-order valence-electron chi connectivity index (χ0n) is 12.7. The van der Waals surface area contributed by atoms with Gasteiger partial charge in [0.05, 0.1) is 11.2 Å². The highest BCUT2D eigenvalue weighted by Gasteiger charge is 2.22. The van der Waals surface area contributed by atoms with E-state index in [0.717, 1.165) is 35.0 Å². The summed E-state index contributed by atoms with van der Waals surface area (Å²) in [5.74, 6) is 0. The monoisotopic (exact) mass is 345 g/mol. The molecule has 0 amide bonds. The van der Waals surface area contributed by atoms with Crippen molar-refractivity contribution in [3.8, 4) is 0 Å². The lowest BCUT2D eigenvalue weighted by molar-refractivity contribution is 0.472. The number of hydrogen-bond acceptors (Lipinski definition) is 3. The number of halogens is 1. The molecule has 0 saturated carbocycles. The van der Waals surface area contributed by atoms with E-state index in [1.54, 1.807) is 5.57 Å². The third-order valence-corrected chi connectivity index (χ3v) is 4.47. The van der Waals surface area contributed by atoms with Crippen LogP contribution in [0.1, 0.15) is 27.2 Å². The van der Waals surface area contributed by atoms with Gasteiger partial charge in [-0.2, -0.15) is 0 Å².